The summed E-state index contributed by atoms with van der Waals surface area (Å²) in [5, 5.41) is 21.5. The Morgan fingerprint density at radius 1 is 1.24 bits per heavy atom. The lowest BCUT2D eigenvalue weighted by Gasteiger charge is -2.14. The van der Waals surface area contributed by atoms with Crippen LogP contribution >= 0.6 is 0 Å². The van der Waals surface area contributed by atoms with Gasteiger partial charge in [-0.25, -0.2) is 8.78 Å². The fourth-order valence-electron chi connectivity index (χ4n) is 1.48. The Hall–Kier alpha value is -1.04. The lowest BCUT2D eigenvalue weighted by molar-refractivity contribution is 0.156. The highest BCUT2D eigenvalue weighted by Gasteiger charge is 2.16. The Kier molecular flexibility index (Phi) is 5.47. The molecule has 1 aromatic rings. The highest BCUT2D eigenvalue weighted by molar-refractivity contribution is 5.22. The molecule has 1 rings (SSSR count). The normalized spacial score (nSPS) is 14.6. The van der Waals surface area contributed by atoms with E-state index in [1.54, 1.807) is 6.92 Å². The molecule has 0 aliphatic carbocycles. The van der Waals surface area contributed by atoms with E-state index in [1.165, 1.54) is 6.07 Å². The Morgan fingerprint density at radius 2 is 1.82 bits per heavy atom. The van der Waals surface area contributed by atoms with E-state index < -0.39 is 23.8 Å². The van der Waals surface area contributed by atoms with E-state index in [2.05, 4.69) is 5.32 Å². The Balaban J connectivity index is 2.49. The van der Waals surface area contributed by atoms with Gasteiger partial charge in [-0.2, -0.15) is 0 Å². The summed E-state index contributed by atoms with van der Waals surface area (Å²) < 4.78 is 26.5. The van der Waals surface area contributed by atoms with E-state index in [0.717, 1.165) is 12.1 Å². The van der Waals surface area contributed by atoms with Gasteiger partial charge in [0.1, 0.15) is 11.6 Å². The molecule has 0 saturated carbocycles. The SMILES string of the molecule is CC(O)CCNCC(O)c1c(F)cccc1F. The average molecular weight is 245 g/mol. The van der Waals surface area contributed by atoms with Gasteiger partial charge in [-0.15, -0.1) is 0 Å². The number of hydrogen-bond donors (Lipinski definition) is 3. The number of rotatable bonds is 6. The Labute approximate surface area is 99.1 Å². The van der Waals surface area contributed by atoms with Gasteiger partial charge >= 0.3 is 0 Å². The van der Waals surface area contributed by atoms with Gasteiger partial charge in [0.15, 0.2) is 0 Å². The van der Waals surface area contributed by atoms with Gasteiger partial charge in [-0.05, 0) is 32.0 Å². The van der Waals surface area contributed by atoms with Gasteiger partial charge in [-0.3, -0.25) is 0 Å². The largest absolute Gasteiger partial charge is 0.393 e. The summed E-state index contributed by atoms with van der Waals surface area (Å²) in [6.45, 7) is 2.17. The molecule has 2 atom stereocenters. The molecule has 0 spiro atoms. The van der Waals surface area contributed by atoms with E-state index in [4.69, 9.17) is 5.11 Å². The molecule has 5 heteroatoms. The van der Waals surface area contributed by atoms with Crippen LogP contribution in [0.1, 0.15) is 25.0 Å². The van der Waals surface area contributed by atoms with Crippen molar-refractivity contribution in [2.24, 2.45) is 0 Å². The molecule has 0 fully saturated rings. The van der Waals surface area contributed by atoms with Crippen molar-refractivity contribution >= 4 is 0 Å². The predicted octanol–water partition coefficient (Wildman–Crippen LogP) is 1.36. The van der Waals surface area contributed by atoms with Gasteiger partial charge in [-0.1, -0.05) is 6.07 Å². The molecular formula is C12H17F2NO2. The summed E-state index contributed by atoms with van der Waals surface area (Å²) in [4.78, 5) is 0. The van der Waals surface area contributed by atoms with Crippen molar-refractivity contribution in [3.8, 4) is 0 Å². The van der Waals surface area contributed by atoms with E-state index in [-0.39, 0.29) is 12.1 Å². The van der Waals surface area contributed by atoms with Crippen LogP contribution in [-0.2, 0) is 0 Å². The minimum Gasteiger partial charge on any atom is -0.393 e. The average Bonchev–Trinajstić information content (AvgIpc) is 2.24. The monoisotopic (exact) mass is 245 g/mol. The molecule has 1 aromatic carbocycles. The van der Waals surface area contributed by atoms with E-state index >= 15 is 0 Å². The van der Waals surface area contributed by atoms with Gasteiger partial charge in [0.2, 0.25) is 0 Å². The third-order valence-electron chi connectivity index (χ3n) is 2.41. The minimum atomic E-state index is -1.23. The van der Waals surface area contributed by atoms with Crippen LogP contribution in [0.2, 0.25) is 0 Å². The summed E-state index contributed by atoms with van der Waals surface area (Å²) in [6.07, 6.45) is -1.15. The van der Waals surface area contributed by atoms with Crippen molar-refractivity contribution in [2.75, 3.05) is 13.1 Å². The first kappa shape index (κ1) is 14.0. The first-order valence-electron chi connectivity index (χ1n) is 5.53. The molecule has 0 saturated heterocycles. The summed E-state index contributed by atoms with van der Waals surface area (Å²) in [6, 6.07) is 3.47. The van der Waals surface area contributed by atoms with Gasteiger partial charge < -0.3 is 15.5 Å². The van der Waals surface area contributed by atoms with Crippen LogP contribution in [0.3, 0.4) is 0 Å². The summed E-state index contributed by atoms with van der Waals surface area (Å²) in [5.74, 6) is -1.51. The molecule has 0 radical (unpaired) electrons. The number of halogens is 2. The standard InChI is InChI=1S/C12H17F2NO2/c1-8(16)5-6-15-7-11(17)12-9(13)3-2-4-10(12)14/h2-4,8,11,15-17H,5-7H2,1H3. The third-order valence-corrected chi connectivity index (χ3v) is 2.41. The third kappa shape index (κ3) is 4.38. The lowest BCUT2D eigenvalue weighted by atomic mass is 10.1. The van der Waals surface area contributed by atoms with Gasteiger partial charge in [0.05, 0.1) is 17.8 Å². The molecule has 2 unspecified atom stereocenters. The number of nitrogens with one attached hydrogen (secondary N) is 1. The predicted molar refractivity (Wildman–Crippen MR) is 60.5 cm³/mol. The highest BCUT2D eigenvalue weighted by Crippen LogP contribution is 2.19. The quantitative estimate of drug-likeness (QED) is 0.663. The van der Waals surface area contributed by atoms with Crippen molar-refractivity contribution in [3.05, 3.63) is 35.4 Å². The number of benzene rings is 1. The molecule has 3 nitrogen and oxygen atoms in total. The molecule has 0 amide bonds. The van der Waals surface area contributed by atoms with Crippen molar-refractivity contribution in [1.82, 2.24) is 5.32 Å². The molecule has 3 N–H and O–H groups in total. The smallest absolute Gasteiger partial charge is 0.131 e. The molecule has 0 bridgehead atoms. The van der Waals surface area contributed by atoms with Crippen LogP contribution in [0.5, 0.6) is 0 Å². The summed E-state index contributed by atoms with van der Waals surface area (Å²) in [7, 11) is 0. The van der Waals surface area contributed by atoms with Crippen molar-refractivity contribution in [3.63, 3.8) is 0 Å². The first-order valence-corrected chi connectivity index (χ1v) is 5.53. The van der Waals surface area contributed by atoms with Crippen LogP contribution in [0.15, 0.2) is 18.2 Å². The molecule has 0 heterocycles. The maximum absolute atomic E-state index is 13.3. The zero-order valence-corrected chi connectivity index (χ0v) is 9.66. The van der Waals surface area contributed by atoms with Crippen LogP contribution in [0.4, 0.5) is 8.78 Å². The van der Waals surface area contributed by atoms with Crippen LogP contribution in [0.25, 0.3) is 0 Å². The Bertz CT molecular complexity index is 338. The molecule has 0 aliphatic heterocycles. The summed E-state index contributed by atoms with van der Waals surface area (Å²) >= 11 is 0. The fourth-order valence-corrected chi connectivity index (χ4v) is 1.48. The second-order valence-electron chi connectivity index (χ2n) is 3.99. The van der Waals surface area contributed by atoms with Crippen LogP contribution in [-0.4, -0.2) is 29.4 Å². The summed E-state index contributed by atoms with van der Waals surface area (Å²) in [5.41, 5.74) is -0.322. The number of hydrogen-bond acceptors (Lipinski definition) is 3. The number of aliphatic hydroxyl groups excluding tert-OH is 2. The number of aliphatic hydroxyl groups is 2. The van der Waals surface area contributed by atoms with Crippen molar-refractivity contribution < 1.29 is 19.0 Å². The molecule has 96 valence electrons. The van der Waals surface area contributed by atoms with Crippen LogP contribution < -0.4 is 5.32 Å². The topological polar surface area (TPSA) is 52.5 Å². The van der Waals surface area contributed by atoms with Gasteiger partial charge in [0.25, 0.3) is 0 Å². The molecular weight excluding hydrogens is 228 g/mol. The zero-order chi connectivity index (χ0) is 12.8. The van der Waals surface area contributed by atoms with E-state index in [9.17, 15) is 13.9 Å². The van der Waals surface area contributed by atoms with Crippen LogP contribution in [0, 0.1) is 11.6 Å². The Morgan fingerprint density at radius 3 is 2.35 bits per heavy atom. The van der Waals surface area contributed by atoms with E-state index in [1.807, 2.05) is 0 Å². The second kappa shape index (κ2) is 6.64. The lowest BCUT2D eigenvalue weighted by Crippen LogP contribution is -2.25. The maximum atomic E-state index is 13.3. The maximum Gasteiger partial charge on any atom is 0.131 e. The van der Waals surface area contributed by atoms with Crippen molar-refractivity contribution in [2.45, 2.75) is 25.6 Å². The molecule has 0 aromatic heterocycles. The molecule has 17 heavy (non-hydrogen) atoms. The van der Waals surface area contributed by atoms with Gasteiger partial charge in [0, 0.05) is 6.54 Å². The van der Waals surface area contributed by atoms with E-state index in [0.29, 0.717) is 13.0 Å². The minimum absolute atomic E-state index is 0.0462. The zero-order valence-electron chi connectivity index (χ0n) is 9.66. The second-order valence-corrected chi connectivity index (χ2v) is 3.99. The highest BCUT2D eigenvalue weighted by atomic mass is 19.1. The van der Waals surface area contributed by atoms with Crippen molar-refractivity contribution in [1.29, 1.82) is 0 Å². The first-order chi connectivity index (χ1) is 8.02. The molecule has 0 aliphatic rings. The fraction of sp³-hybridized carbons (Fsp3) is 0.500.